The van der Waals surface area contributed by atoms with Crippen LogP contribution < -0.4 is 9.64 Å². The number of anilines is 1. The fourth-order valence-electron chi connectivity index (χ4n) is 4.67. The van der Waals surface area contributed by atoms with Crippen molar-refractivity contribution in [2.75, 3.05) is 38.7 Å². The van der Waals surface area contributed by atoms with Crippen molar-refractivity contribution in [1.29, 1.82) is 0 Å². The summed E-state index contributed by atoms with van der Waals surface area (Å²) in [5, 5.41) is 0. The summed E-state index contributed by atoms with van der Waals surface area (Å²) in [5.41, 5.74) is 3.46. The number of amides is 2. The van der Waals surface area contributed by atoms with Crippen molar-refractivity contribution in [3.8, 4) is 5.75 Å². The van der Waals surface area contributed by atoms with Gasteiger partial charge in [0.1, 0.15) is 11.4 Å². The van der Waals surface area contributed by atoms with E-state index < -0.39 is 0 Å². The van der Waals surface area contributed by atoms with Crippen LogP contribution in [-0.4, -0.2) is 61.4 Å². The van der Waals surface area contributed by atoms with Crippen LogP contribution in [0.1, 0.15) is 37.8 Å². The van der Waals surface area contributed by atoms with Crippen LogP contribution in [0.3, 0.4) is 0 Å². The molecule has 174 valence electrons. The van der Waals surface area contributed by atoms with Crippen LogP contribution in [0.5, 0.6) is 5.75 Å². The Hall–Kier alpha value is -3.12. The molecule has 0 spiro atoms. The van der Waals surface area contributed by atoms with Crippen LogP contribution in [-0.2, 0) is 16.0 Å². The van der Waals surface area contributed by atoms with Gasteiger partial charge < -0.3 is 14.5 Å². The summed E-state index contributed by atoms with van der Waals surface area (Å²) in [6.45, 7) is 6.55. The van der Waals surface area contributed by atoms with Gasteiger partial charge in [-0.1, -0.05) is 31.2 Å². The number of likely N-dealkylation sites (tertiary alicyclic amines) is 1. The Balaban J connectivity index is 1.74. The monoisotopic (exact) mass is 447 g/mol. The summed E-state index contributed by atoms with van der Waals surface area (Å²) in [6.07, 6.45) is 2.82. The van der Waals surface area contributed by atoms with Crippen LogP contribution in [0.2, 0.25) is 0 Å². The molecule has 2 aliphatic heterocycles. The molecule has 0 unspecified atom stereocenters. The Morgan fingerprint density at radius 1 is 0.939 bits per heavy atom. The van der Waals surface area contributed by atoms with Gasteiger partial charge in [-0.25, -0.2) is 4.90 Å². The molecule has 0 saturated carbocycles. The van der Waals surface area contributed by atoms with Crippen LogP contribution >= 0.6 is 0 Å². The third-order valence-electron chi connectivity index (χ3n) is 6.70. The third kappa shape index (κ3) is 4.53. The van der Waals surface area contributed by atoms with Crippen LogP contribution in [0, 0.1) is 0 Å². The van der Waals surface area contributed by atoms with E-state index in [0.29, 0.717) is 23.6 Å². The van der Waals surface area contributed by atoms with Gasteiger partial charge in [-0.2, -0.15) is 0 Å². The second kappa shape index (κ2) is 9.79. The lowest BCUT2D eigenvalue weighted by atomic mass is 10.00. The van der Waals surface area contributed by atoms with Gasteiger partial charge in [0.2, 0.25) is 0 Å². The van der Waals surface area contributed by atoms with Crippen LogP contribution in [0.15, 0.2) is 54.2 Å². The Morgan fingerprint density at radius 2 is 1.58 bits per heavy atom. The number of hydrogen-bond donors (Lipinski definition) is 0. The summed E-state index contributed by atoms with van der Waals surface area (Å²) in [7, 11) is 4.07. The second-order valence-corrected chi connectivity index (χ2v) is 8.79. The first-order valence-electron chi connectivity index (χ1n) is 11.8. The first-order chi connectivity index (χ1) is 15.9. The molecule has 0 N–H and O–H groups in total. The molecule has 1 saturated heterocycles. The van der Waals surface area contributed by atoms with Gasteiger partial charge in [0.25, 0.3) is 11.8 Å². The van der Waals surface area contributed by atoms with Gasteiger partial charge in [0.05, 0.1) is 17.9 Å². The van der Waals surface area contributed by atoms with Crippen LogP contribution in [0.25, 0.3) is 5.57 Å². The van der Waals surface area contributed by atoms with Crippen molar-refractivity contribution in [3.05, 3.63) is 65.4 Å². The summed E-state index contributed by atoms with van der Waals surface area (Å²) < 4.78 is 5.57. The van der Waals surface area contributed by atoms with Gasteiger partial charge in [-0.05, 0) is 81.7 Å². The minimum atomic E-state index is -0.275. The topological polar surface area (TPSA) is 53.1 Å². The largest absolute Gasteiger partial charge is 0.494 e. The Labute approximate surface area is 196 Å². The number of aryl methyl sites for hydroxylation is 1. The smallest absolute Gasteiger partial charge is 0.282 e. The third-order valence-corrected chi connectivity index (χ3v) is 6.70. The highest BCUT2D eigenvalue weighted by Crippen LogP contribution is 2.36. The van der Waals surface area contributed by atoms with Gasteiger partial charge in [0, 0.05) is 13.1 Å². The number of benzene rings is 2. The highest BCUT2D eigenvalue weighted by Gasteiger charge is 2.43. The van der Waals surface area contributed by atoms with Crippen molar-refractivity contribution in [3.63, 3.8) is 0 Å². The average molecular weight is 448 g/mol. The minimum Gasteiger partial charge on any atom is -0.494 e. The molecular weight excluding hydrogens is 414 g/mol. The predicted octanol–water partition coefficient (Wildman–Crippen LogP) is 3.96. The van der Waals surface area contributed by atoms with E-state index >= 15 is 0 Å². The van der Waals surface area contributed by atoms with Crippen molar-refractivity contribution in [1.82, 2.24) is 9.80 Å². The maximum atomic E-state index is 13.7. The van der Waals surface area contributed by atoms with E-state index in [2.05, 4.69) is 18.9 Å². The van der Waals surface area contributed by atoms with E-state index in [1.165, 1.54) is 10.5 Å². The summed E-state index contributed by atoms with van der Waals surface area (Å²) >= 11 is 0. The molecule has 0 radical (unpaired) electrons. The lowest BCUT2D eigenvalue weighted by Gasteiger charge is -2.36. The molecule has 33 heavy (non-hydrogen) atoms. The molecule has 2 aromatic carbocycles. The molecule has 0 aliphatic carbocycles. The van der Waals surface area contributed by atoms with E-state index in [1.807, 2.05) is 67.4 Å². The van der Waals surface area contributed by atoms with E-state index in [1.54, 1.807) is 0 Å². The maximum absolute atomic E-state index is 13.7. The molecule has 2 heterocycles. The zero-order valence-corrected chi connectivity index (χ0v) is 20.0. The van der Waals surface area contributed by atoms with Gasteiger partial charge >= 0.3 is 0 Å². The number of ether oxygens (including phenoxy) is 1. The molecule has 0 bridgehead atoms. The summed E-state index contributed by atoms with van der Waals surface area (Å²) in [4.78, 5) is 33.1. The molecule has 6 nitrogen and oxygen atoms in total. The number of carbonyl (C=O) groups is 2. The van der Waals surface area contributed by atoms with Gasteiger partial charge in [-0.3, -0.25) is 9.59 Å². The number of rotatable bonds is 7. The SMILES string of the molecule is CCOc1ccc(C2=C(N(C)C3CCN(C)CC3)C(=O)N(c3ccc(CC)cc3)C2=O)cc1. The van der Waals surface area contributed by atoms with E-state index in [9.17, 15) is 9.59 Å². The Bertz CT molecular complexity index is 1040. The van der Waals surface area contributed by atoms with Crippen LogP contribution in [0.4, 0.5) is 5.69 Å². The Kier molecular flexibility index (Phi) is 6.84. The standard InChI is InChI=1S/C27H33N3O3/c1-5-19-7-11-22(12-8-19)30-26(31)24(20-9-13-23(14-10-20)33-6-2)25(27(30)32)29(4)21-15-17-28(3)18-16-21/h7-14,21H,5-6,15-18H2,1-4H3. The van der Waals surface area contributed by atoms with E-state index in [0.717, 1.165) is 43.7 Å². The fourth-order valence-corrected chi connectivity index (χ4v) is 4.67. The lowest BCUT2D eigenvalue weighted by Crippen LogP contribution is -2.43. The number of piperidine rings is 1. The van der Waals surface area contributed by atoms with E-state index in [4.69, 9.17) is 4.74 Å². The first kappa shape index (κ1) is 23.1. The zero-order valence-electron chi connectivity index (χ0n) is 20.0. The fraction of sp³-hybridized carbons (Fsp3) is 0.407. The van der Waals surface area contributed by atoms with Crippen molar-refractivity contribution < 1.29 is 14.3 Å². The summed E-state index contributed by atoms with van der Waals surface area (Å²) in [6, 6.07) is 15.4. The molecule has 6 heteroatoms. The molecule has 2 aliphatic rings. The summed E-state index contributed by atoms with van der Waals surface area (Å²) in [5.74, 6) is 0.216. The highest BCUT2D eigenvalue weighted by molar-refractivity contribution is 6.45. The minimum absolute atomic E-state index is 0.216. The molecule has 2 amide bonds. The number of nitrogens with zero attached hydrogens (tertiary/aromatic N) is 3. The first-order valence-corrected chi connectivity index (χ1v) is 11.8. The number of imide groups is 1. The molecule has 2 aromatic rings. The van der Waals surface area contributed by atoms with Crippen molar-refractivity contribution in [2.24, 2.45) is 0 Å². The molecule has 4 rings (SSSR count). The Morgan fingerprint density at radius 3 is 2.15 bits per heavy atom. The van der Waals surface area contributed by atoms with Crippen molar-refractivity contribution >= 4 is 23.1 Å². The molecule has 0 aromatic heterocycles. The highest BCUT2D eigenvalue weighted by atomic mass is 16.5. The second-order valence-electron chi connectivity index (χ2n) is 8.79. The molecule has 1 fully saturated rings. The lowest BCUT2D eigenvalue weighted by molar-refractivity contribution is -0.120. The van der Waals surface area contributed by atoms with Gasteiger partial charge in [-0.15, -0.1) is 0 Å². The quantitative estimate of drug-likeness (QED) is 0.602. The predicted molar refractivity (Wildman–Crippen MR) is 131 cm³/mol. The number of likely N-dealkylation sites (N-methyl/N-ethyl adjacent to an activating group) is 1. The zero-order chi connectivity index (χ0) is 23.5. The normalized spacial score (nSPS) is 17.8. The van der Waals surface area contributed by atoms with Crippen molar-refractivity contribution in [2.45, 2.75) is 39.2 Å². The van der Waals surface area contributed by atoms with Gasteiger partial charge in [0.15, 0.2) is 0 Å². The van der Waals surface area contributed by atoms with E-state index in [-0.39, 0.29) is 17.9 Å². The maximum Gasteiger partial charge on any atom is 0.282 e. The number of hydrogen-bond acceptors (Lipinski definition) is 5. The molecular formula is C27H33N3O3. The average Bonchev–Trinajstić information content (AvgIpc) is 3.09. The molecule has 0 atom stereocenters. The number of carbonyl (C=O) groups excluding carboxylic acids is 2.